The number of unbranched alkanes of at least 4 members (excludes halogenated alkanes) is 1. The molecule has 3 nitrogen and oxygen atoms in total. The first-order valence-electron chi connectivity index (χ1n) is 8.17. The summed E-state index contributed by atoms with van der Waals surface area (Å²) in [4.78, 5) is 14.4. The maximum Gasteiger partial charge on any atom is 0.225 e. The summed E-state index contributed by atoms with van der Waals surface area (Å²) in [5.74, 6) is 1.50. The fourth-order valence-corrected chi connectivity index (χ4v) is 3.54. The first-order valence-corrected chi connectivity index (χ1v) is 8.17. The van der Waals surface area contributed by atoms with Crippen LogP contribution in [-0.4, -0.2) is 35.1 Å². The number of amides is 1. The Morgan fingerprint density at radius 2 is 1.74 bits per heavy atom. The molecule has 1 aliphatic carbocycles. The van der Waals surface area contributed by atoms with Crippen LogP contribution in [0.3, 0.4) is 0 Å². The minimum atomic E-state index is -0.186. The lowest BCUT2D eigenvalue weighted by Gasteiger charge is -2.35. The molecule has 2 rings (SSSR count). The minimum Gasteiger partial charge on any atom is -0.393 e. The van der Waals surface area contributed by atoms with E-state index in [0.29, 0.717) is 5.91 Å². The van der Waals surface area contributed by atoms with Crippen LogP contribution >= 0.6 is 0 Å². The number of likely N-dealkylation sites (tertiary alicyclic amines) is 1. The van der Waals surface area contributed by atoms with Crippen LogP contribution in [-0.2, 0) is 4.79 Å². The topological polar surface area (TPSA) is 40.5 Å². The van der Waals surface area contributed by atoms with Crippen LogP contribution in [0, 0.1) is 11.8 Å². The molecule has 1 saturated heterocycles. The van der Waals surface area contributed by atoms with Crippen LogP contribution in [0.2, 0.25) is 0 Å². The molecule has 1 amide bonds. The zero-order valence-corrected chi connectivity index (χ0v) is 12.3. The molecular weight excluding hydrogens is 238 g/mol. The quantitative estimate of drug-likeness (QED) is 0.850. The van der Waals surface area contributed by atoms with Crippen LogP contribution in [0.5, 0.6) is 0 Å². The Morgan fingerprint density at radius 3 is 2.32 bits per heavy atom. The zero-order chi connectivity index (χ0) is 13.7. The van der Waals surface area contributed by atoms with Crippen molar-refractivity contribution in [2.24, 2.45) is 11.8 Å². The first-order chi connectivity index (χ1) is 9.20. The average molecular weight is 267 g/mol. The predicted molar refractivity (Wildman–Crippen MR) is 76.8 cm³/mol. The summed E-state index contributed by atoms with van der Waals surface area (Å²) in [6, 6.07) is 0. The van der Waals surface area contributed by atoms with E-state index in [0.717, 1.165) is 44.7 Å². The molecule has 0 bridgehead atoms. The maximum absolute atomic E-state index is 12.4. The van der Waals surface area contributed by atoms with Gasteiger partial charge in [-0.15, -0.1) is 0 Å². The Kier molecular flexibility index (Phi) is 5.68. The summed E-state index contributed by atoms with van der Waals surface area (Å²) in [6.07, 6.45) is 9.98. The first kappa shape index (κ1) is 14.8. The number of hydrogen-bond acceptors (Lipinski definition) is 2. The number of rotatable bonds is 4. The molecule has 110 valence electrons. The molecule has 0 aromatic carbocycles. The second-order valence-corrected chi connectivity index (χ2v) is 6.42. The van der Waals surface area contributed by atoms with Crippen molar-refractivity contribution >= 4 is 5.91 Å². The molecule has 0 radical (unpaired) electrons. The predicted octanol–water partition coefficient (Wildman–Crippen LogP) is 2.97. The van der Waals surface area contributed by atoms with Crippen LogP contribution in [0.15, 0.2) is 0 Å². The van der Waals surface area contributed by atoms with Crippen LogP contribution in [0.4, 0.5) is 0 Å². The molecule has 0 spiro atoms. The van der Waals surface area contributed by atoms with Crippen LogP contribution in [0.25, 0.3) is 0 Å². The smallest absolute Gasteiger partial charge is 0.225 e. The van der Waals surface area contributed by atoms with E-state index in [1.807, 2.05) is 4.90 Å². The van der Waals surface area contributed by atoms with Crippen molar-refractivity contribution < 1.29 is 9.90 Å². The summed E-state index contributed by atoms with van der Waals surface area (Å²) >= 11 is 0. The van der Waals surface area contributed by atoms with Gasteiger partial charge in [-0.3, -0.25) is 4.79 Å². The van der Waals surface area contributed by atoms with E-state index in [-0.39, 0.29) is 12.0 Å². The summed E-state index contributed by atoms with van der Waals surface area (Å²) in [5.41, 5.74) is 0. The number of piperidine rings is 1. The average Bonchev–Trinajstić information content (AvgIpc) is 2.46. The lowest BCUT2D eigenvalue weighted by molar-refractivity contribution is -0.138. The SMILES string of the molecule is CCCCC1CCC(C(=O)N2CCC(O)CC2)CC1. The summed E-state index contributed by atoms with van der Waals surface area (Å²) < 4.78 is 0. The third-order valence-electron chi connectivity index (χ3n) is 4.94. The van der Waals surface area contributed by atoms with Gasteiger partial charge in [0.15, 0.2) is 0 Å². The lowest BCUT2D eigenvalue weighted by Crippen LogP contribution is -2.43. The van der Waals surface area contributed by atoms with Gasteiger partial charge in [0.2, 0.25) is 5.91 Å². The van der Waals surface area contributed by atoms with Gasteiger partial charge in [0, 0.05) is 19.0 Å². The molecule has 0 aromatic heterocycles. The fourth-order valence-electron chi connectivity index (χ4n) is 3.54. The van der Waals surface area contributed by atoms with Gasteiger partial charge < -0.3 is 10.0 Å². The van der Waals surface area contributed by atoms with Gasteiger partial charge in [-0.2, -0.15) is 0 Å². The summed E-state index contributed by atoms with van der Waals surface area (Å²) in [7, 11) is 0. The van der Waals surface area contributed by atoms with E-state index in [1.54, 1.807) is 0 Å². The van der Waals surface area contributed by atoms with E-state index in [9.17, 15) is 9.90 Å². The monoisotopic (exact) mass is 267 g/mol. The Balaban J connectivity index is 1.73. The second kappa shape index (κ2) is 7.28. The molecule has 19 heavy (non-hydrogen) atoms. The van der Waals surface area contributed by atoms with Crippen molar-refractivity contribution in [3.63, 3.8) is 0 Å². The highest BCUT2D eigenvalue weighted by Gasteiger charge is 2.30. The Morgan fingerprint density at radius 1 is 1.11 bits per heavy atom. The molecule has 1 heterocycles. The third kappa shape index (κ3) is 4.20. The van der Waals surface area contributed by atoms with Gasteiger partial charge in [0.1, 0.15) is 0 Å². The standard InChI is InChI=1S/C16H29NO2/c1-2-3-4-13-5-7-14(8-6-13)16(19)17-11-9-15(18)10-12-17/h13-15,18H,2-12H2,1H3. The van der Waals surface area contributed by atoms with Gasteiger partial charge in [-0.1, -0.05) is 26.2 Å². The van der Waals surface area contributed by atoms with E-state index in [2.05, 4.69) is 6.92 Å². The number of aliphatic hydroxyl groups excluding tert-OH is 1. The highest BCUT2D eigenvalue weighted by atomic mass is 16.3. The number of hydrogen-bond donors (Lipinski definition) is 1. The number of carbonyl (C=O) groups is 1. The molecule has 2 fully saturated rings. The molecule has 0 aromatic rings. The zero-order valence-electron chi connectivity index (χ0n) is 12.3. The molecule has 2 aliphatic rings. The maximum atomic E-state index is 12.4. The Labute approximate surface area is 117 Å². The Bertz CT molecular complexity index is 276. The summed E-state index contributed by atoms with van der Waals surface area (Å²) in [6.45, 7) is 3.77. The van der Waals surface area contributed by atoms with E-state index < -0.39 is 0 Å². The third-order valence-corrected chi connectivity index (χ3v) is 4.94. The highest BCUT2D eigenvalue weighted by molar-refractivity contribution is 5.79. The largest absolute Gasteiger partial charge is 0.393 e. The van der Waals surface area contributed by atoms with Crippen molar-refractivity contribution in [3.8, 4) is 0 Å². The fraction of sp³-hybridized carbons (Fsp3) is 0.938. The lowest BCUT2D eigenvalue weighted by atomic mass is 9.79. The van der Waals surface area contributed by atoms with E-state index in [4.69, 9.17) is 0 Å². The molecule has 1 saturated carbocycles. The number of nitrogens with zero attached hydrogens (tertiary/aromatic N) is 1. The van der Waals surface area contributed by atoms with E-state index >= 15 is 0 Å². The van der Waals surface area contributed by atoms with Crippen molar-refractivity contribution in [2.75, 3.05) is 13.1 Å². The minimum absolute atomic E-state index is 0.186. The van der Waals surface area contributed by atoms with E-state index in [1.165, 1.54) is 32.1 Å². The molecule has 3 heteroatoms. The van der Waals surface area contributed by atoms with Gasteiger partial charge in [0.25, 0.3) is 0 Å². The molecule has 1 aliphatic heterocycles. The Hall–Kier alpha value is -0.570. The van der Waals surface area contributed by atoms with Gasteiger partial charge in [0.05, 0.1) is 6.10 Å². The van der Waals surface area contributed by atoms with Crippen molar-refractivity contribution in [2.45, 2.75) is 70.8 Å². The normalized spacial score (nSPS) is 29.5. The second-order valence-electron chi connectivity index (χ2n) is 6.42. The number of aliphatic hydroxyl groups is 1. The molecule has 0 atom stereocenters. The van der Waals surface area contributed by atoms with Gasteiger partial charge in [-0.25, -0.2) is 0 Å². The molecule has 1 N–H and O–H groups in total. The number of carbonyl (C=O) groups excluding carboxylic acids is 1. The van der Waals surface area contributed by atoms with Crippen molar-refractivity contribution in [1.29, 1.82) is 0 Å². The van der Waals surface area contributed by atoms with Crippen LogP contribution < -0.4 is 0 Å². The van der Waals surface area contributed by atoms with Gasteiger partial charge >= 0.3 is 0 Å². The van der Waals surface area contributed by atoms with Crippen LogP contribution in [0.1, 0.15) is 64.7 Å². The highest BCUT2D eigenvalue weighted by Crippen LogP contribution is 2.33. The molecule has 0 unspecified atom stereocenters. The van der Waals surface area contributed by atoms with Crippen molar-refractivity contribution in [3.05, 3.63) is 0 Å². The van der Waals surface area contributed by atoms with Crippen molar-refractivity contribution in [1.82, 2.24) is 4.90 Å². The van der Waals surface area contributed by atoms with Gasteiger partial charge in [-0.05, 0) is 44.4 Å². The molecular formula is C16H29NO2. The summed E-state index contributed by atoms with van der Waals surface area (Å²) in [5, 5.41) is 9.50.